The SMILES string of the molecule is CC(CS)C(=O)N1C(C(=O)O)CSC12CCN(C(=O)c1ccccc1)CC2. The molecule has 8 heteroatoms. The van der Waals surface area contributed by atoms with Crippen LogP contribution in [0.3, 0.4) is 0 Å². The van der Waals surface area contributed by atoms with E-state index in [0.29, 0.717) is 43.0 Å². The van der Waals surface area contributed by atoms with Crippen molar-refractivity contribution in [2.45, 2.75) is 30.7 Å². The quantitative estimate of drug-likeness (QED) is 0.747. The van der Waals surface area contributed by atoms with Crippen LogP contribution >= 0.6 is 24.4 Å². The van der Waals surface area contributed by atoms with Crippen LogP contribution in [0.4, 0.5) is 0 Å². The second-order valence-electron chi connectivity index (χ2n) is 7.06. The standard InChI is InChI=1S/C19H24N2O4S2/c1-13(11-26)16(22)21-15(18(24)25)12-27-19(21)7-9-20(10-8-19)17(23)14-5-3-2-4-6-14/h2-6,13,15,26H,7-12H2,1H3,(H,24,25). The van der Waals surface area contributed by atoms with Crippen LogP contribution in [0.25, 0.3) is 0 Å². The summed E-state index contributed by atoms with van der Waals surface area (Å²) in [6, 6.07) is 8.31. The second-order valence-corrected chi connectivity index (χ2v) is 8.81. The van der Waals surface area contributed by atoms with E-state index in [1.165, 1.54) is 11.8 Å². The molecule has 6 nitrogen and oxygen atoms in total. The van der Waals surface area contributed by atoms with Gasteiger partial charge in [-0.15, -0.1) is 11.8 Å². The van der Waals surface area contributed by atoms with E-state index in [1.807, 2.05) is 18.2 Å². The molecule has 3 rings (SSSR count). The molecule has 27 heavy (non-hydrogen) atoms. The van der Waals surface area contributed by atoms with Gasteiger partial charge < -0.3 is 14.9 Å². The van der Waals surface area contributed by atoms with Crippen LogP contribution in [-0.4, -0.2) is 68.2 Å². The predicted octanol–water partition coefficient (Wildman–Crippen LogP) is 2.21. The zero-order chi connectivity index (χ0) is 19.6. The van der Waals surface area contributed by atoms with E-state index >= 15 is 0 Å². The lowest BCUT2D eigenvalue weighted by molar-refractivity contribution is -0.153. The molecule has 0 radical (unpaired) electrons. The molecule has 2 aliphatic heterocycles. The number of hydrogen-bond acceptors (Lipinski definition) is 5. The van der Waals surface area contributed by atoms with Crippen molar-refractivity contribution in [1.29, 1.82) is 0 Å². The lowest BCUT2D eigenvalue weighted by Gasteiger charge is -2.45. The van der Waals surface area contributed by atoms with Gasteiger partial charge in [0.2, 0.25) is 5.91 Å². The Labute approximate surface area is 168 Å². The monoisotopic (exact) mass is 408 g/mol. The van der Waals surface area contributed by atoms with Gasteiger partial charge in [0.05, 0.1) is 4.87 Å². The van der Waals surface area contributed by atoms with Crippen LogP contribution in [0.1, 0.15) is 30.1 Å². The summed E-state index contributed by atoms with van der Waals surface area (Å²) in [4.78, 5) is 40.1. The normalized spacial score (nSPS) is 22.7. The van der Waals surface area contributed by atoms with Crippen molar-refractivity contribution in [3.8, 4) is 0 Å². The van der Waals surface area contributed by atoms with Crippen molar-refractivity contribution in [2.24, 2.45) is 5.92 Å². The Morgan fingerprint density at radius 1 is 1.26 bits per heavy atom. The van der Waals surface area contributed by atoms with Crippen LogP contribution in [-0.2, 0) is 9.59 Å². The van der Waals surface area contributed by atoms with E-state index in [0.717, 1.165) is 0 Å². The van der Waals surface area contributed by atoms with Crippen LogP contribution in [0, 0.1) is 5.92 Å². The summed E-state index contributed by atoms with van der Waals surface area (Å²) in [5.74, 6) is -0.736. The summed E-state index contributed by atoms with van der Waals surface area (Å²) in [5.41, 5.74) is 0.646. The number of hydrogen-bond donors (Lipinski definition) is 2. The molecule has 2 heterocycles. The first-order valence-corrected chi connectivity index (χ1v) is 10.7. The minimum atomic E-state index is -0.970. The predicted molar refractivity (Wildman–Crippen MR) is 108 cm³/mol. The van der Waals surface area contributed by atoms with Gasteiger partial charge in [0.25, 0.3) is 5.91 Å². The van der Waals surface area contributed by atoms with Crippen LogP contribution in [0.5, 0.6) is 0 Å². The number of benzene rings is 1. The summed E-state index contributed by atoms with van der Waals surface area (Å²) in [6.45, 7) is 2.79. The number of aliphatic carboxylic acids is 1. The van der Waals surface area contributed by atoms with Gasteiger partial charge in [-0.05, 0) is 25.0 Å². The van der Waals surface area contributed by atoms with E-state index < -0.39 is 16.9 Å². The highest BCUT2D eigenvalue weighted by Crippen LogP contribution is 2.47. The Morgan fingerprint density at radius 3 is 2.44 bits per heavy atom. The number of carboxylic acid groups (broad SMARTS) is 1. The molecule has 2 aliphatic rings. The van der Waals surface area contributed by atoms with Crippen molar-refractivity contribution >= 4 is 42.2 Å². The maximum Gasteiger partial charge on any atom is 0.327 e. The van der Waals surface area contributed by atoms with E-state index in [1.54, 1.807) is 28.9 Å². The zero-order valence-corrected chi connectivity index (χ0v) is 16.9. The number of carboxylic acids is 1. The first-order valence-electron chi connectivity index (χ1n) is 9.05. The summed E-state index contributed by atoms with van der Waals surface area (Å²) >= 11 is 5.75. The van der Waals surface area contributed by atoms with Crippen LogP contribution in [0.15, 0.2) is 30.3 Å². The van der Waals surface area contributed by atoms with Crippen molar-refractivity contribution in [3.05, 3.63) is 35.9 Å². The molecule has 0 aromatic heterocycles. The molecule has 1 aromatic rings. The number of likely N-dealkylation sites (tertiary alicyclic amines) is 1. The van der Waals surface area contributed by atoms with Gasteiger partial charge in [0.15, 0.2) is 0 Å². The van der Waals surface area contributed by atoms with Gasteiger partial charge in [-0.3, -0.25) is 9.59 Å². The third-order valence-electron chi connectivity index (χ3n) is 5.33. The summed E-state index contributed by atoms with van der Waals surface area (Å²) in [5, 5.41) is 9.60. The fourth-order valence-electron chi connectivity index (χ4n) is 3.72. The molecule has 2 fully saturated rings. The average molecular weight is 409 g/mol. The minimum Gasteiger partial charge on any atom is -0.480 e. The highest BCUT2D eigenvalue weighted by molar-refractivity contribution is 8.01. The zero-order valence-electron chi connectivity index (χ0n) is 15.2. The minimum absolute atomic E-state index is 0.0233. The highest BCUT2D eigenvalue weighted by Gasteiger charge is 2.54. The molecule has 1 spiro atoms. The van der Waals surface area contributed by atoms with E-state index in [4.69, 9.17) is 0 Å². The number of piperidine rings is 1. The Hall–Kier alpha value is -1.67. The van der Waals surface area contributed by atoms with Crippen molar-refractivity contribution in [2.75, 3.05) is 24.6 Å². The highest BCUT2D eigenvalue weighted by atomic mass is 32.2. The summed E-state index contributed by atoms with van der Waals surface area (Å²) in [6.07, 6.45) is 1.15. The van der Waals surface area contributed by atoms with E-state index in [-0.39, 0.29) is 17.7 Å². The number of thioether (sulfide) groups is 1. The number of thiol groups is 1. The average Bonchev–Trinajstić information content (AvgIpc) is 3.06. The lowest BCUT2D eigenvalue weighted by Crippen LogP contribution is -2.58. The van der Waals surface area contributed by atoms with Crippen LogP contribution < -0.4 is 0 Å². The topological polar surface area (TPSA) is 77.9 Å². The number of amides is 2. The molecular formula is C19H24N2O4S2. The maximum atomic E-state index is 12.9. The first-order chi connectivity index (χ1) is 12.9. The largest absolute Gasteiger partial charge is 0.480 e. The molecular weight excluding hydrogens is 384 g/mol. The van der Waals surface area contributed by atoms with Crippen molar-refractivity contribution < 1.29 is 19.5 Å². The van der Waals surface area contributed by atoms with Crippen LogP contribution in [0.2, 0.25) is 0 Å². The molecule has 1 aromatic carbocycles. The molecule has 146 valence electrons. The summed E-state index contributed by atoms with van der Waals surface area (Å²) in [7, 11) is 0. The molecule has 1 N–H and O–H groups in total. The van der Waals surface area contributed by atoms with E-state index in [9.17, 15) is 19.5 Å². The van der Waals surface area contributed by atoms with E-state index in [2.05, 4.69) is 12.6 Å². The second kappa shape index (κ2) is 8.14. The Morgan fingerprint density at radius 2 is 1.89 bits per heavy atom. The Balaban J connectivity index is 1.77. The molecule has 0 bridgehead atoms. The molecule has 2 amide bonds. The number of nitrogens with zero attached hydrogens (tertiary/aromatic N) is 2. The summed E-state index contributed by atoms with van der Waals surface area (Å²) < 4.78 is 0. The Kier molecular flexibility index (Phi) is 6.05. The molecule has 0 aliphatic carbocycles. The molecule has 0 saturated carbocycles. The number of carbonyl (C=O) groups is 3. The van der Waals surface area contributed by atoms with Gasteiger partial charge in [0, 0.05) is 36.1 Å². The van der Waals surface area contributed by atoms with Crippen molar-refractivity contribution in [3.63, 3.8) is 0 Å². The van der Waals surface area contributed by atoms with Gasteiger partial charge in [-0.2, -0.15) is 12.6 Å². The third kappa shape index (κ3) is 3.82. The molecule has 2 saturated heterocycles. The number of rotatable bonds is 4. The van der Waals surface area contributed by atoms with Gasteiger partial charge in [-0.25, -0.2) is 4.79 Å². The number of carbonyl (C=O) groups excluding carboxylic acids is 2. The fourth-order valence-corrected chi connectivity index (χ4v) is 5.47. The first kappa shape index (κ1) is 20.1. The molecule has 2 atom stereocenters. The maximum absolute atomic E-state index is 12.9. The van der Waals surface area contributed by atoms with Gasteiger partial charge >= 0.3 is 5.97 Å². The van der Waals surface area contributed by atoms with Crippen molar-refractivity contribution in [1.82, 2.24) is 9.80 Å². The smallest absolute Gasteiger partial charge is 0.327 e. The Bertz CT molecular complexity index is 720. The molecule has 2 unspecified atom stereocenters. The van der Waals surface area contributed by atoms with Gasteiger partial charge in [0.1, 0.15) is 6.04 Å². The lowest BCUT2D eigenvalue weighted by atomic mass is 9.98. The fraction of sp³-hybridized carbons (Fsp3) is 0.526. The third-order valence-corrected chi connectivity index (χ3v) is 7.50. The van der Waals surface area contributed by atoms with Gasteiger partial charge in [-0.1, -0.05) is 25.1 Å².